The van der Waals surface area contributed by atoms with Crippen LogP contribution in [0.2, 0.25) is 0 Å². The van der Waals surface area contributed by atoms with E-state index in [1.807, 2.05) is 51.1 Å². The van der Waals surface area contributed by atoms with Crippen LogP contribution in [0.1, 0.15) is 22.3 Å². The average molecular weight is 417 g/mol. The topological polar surface area (TPSA) is 70.9 Å². The maximum absolute atomic E-state index is 12.7. The molecule has 2 aromatic rings. The standard InChI is InChI=1S/C22H29N3O3S/c1-17-13-18(2)22(19(3)14-17)23-21(26)15-24-9-11-25(12-10-24)29(27,28)16-20-7-5-4-6-8-20/h4-8,13-14H,9-12,15-16H2,1-3H3,(H,23,26)/p+1. The molecule has 1 saturated heterocycles. The molecule has 0 aliphatic carbocycles. The summed E-state index contributed by atoms with van der Waals surface area (Å²) in [6.07, 6.45) is 0. The number of nitrogens with zero attached hydrogens (tertiary/aromatic N) is 1. The van der Waals surface area contributed by atoms with Crippen molar-refractivity contribution < 1.29 is 18.1 Å². The van der Waals surface area contributed by atoms with Crippen molar-refractivity contribution in [1.29, 1.82) is 0 Å². The SMILES string of the molecule is Cc1cc(C)c(NC(=O)C[NH+]2CCN(S(=O)(=O)Cc3ccccc3)CC2)c(C)c1. The summed E-state index contributed by atoms with van der Waals surface area (Å²) in [5.41, 5.74) is 4.97. The van der Waals surface area contributed by atoms with Crippen LogP contribution in [-0.4, -0.2) is 51.4 Å². The molecule has 0 aromatic heterocycles. The second-order valence-electron chi connectivity index (χ2n) is 7.89. The number of benzene rings is 2. The number of carbonyl (C=O) groups excluding carboxylic acids is 1. The molecule has 29 heavy (non-hydrogen) atoms. The number of amides is 1. The van der Waals surface area contributed by atoms with Crippen LogP contribution in [-0.2, 0) is 20.6 Å². The Hall–Kier alpha value is -2.22. The first-order valence-corrected chi connectivity index (χ1v) is 11.6. The highest BCUT2D eigenvalue weighted by Gasteiger charge is 2.30. The lowest BCUT2D eigenvalue weighted by atomic mass is 10.1. The molecule has 0 radical (unpaired) electrons. The molecule has 3 rings (SSSR count). The Morgan fingerprint density at radius 2 is 1.62 bits per heavy atom. The predicted molar refractivity (Wildman–Crippen MR) is 115 cm³/mol. The highest BCUT2D eigenvalue weighted by molar-refractivity contribution is 7.88. The Morgan fingerprint density at radius 3 is 2.21 bits per heavy atom. The molecular formula is C22H30N3O3S+. The van der Waals surface area contributed by atoms with Gasteiger partial charge in [0.1, 0.15) is 0 Å². The van der Waals surface area contributed by atoms with Gasteiger partial charge in [0.05, 0.1) is 31.9 Å². The van der Waals surface area contributed by atoms with Gasteiger partial charge in [0.15, 0.2) is 6.54 Å². The molecule has 1 heterocycles. The summed E-state index contributed by atoms with van der Waals surface area (Å²) in [7, 11) is -3.33. The minimum absolute atomic E-state index is 0.0234. The lowest BCUT2D eigenvalue weighted by molar-refractivity contribution is -0.895. The second-order valence-corrected chi connectivity index (χ2v) is 9.86. The Labute approximate surface area is 173 Å². The van der Waals surface area contributed by atoms with Gasteiger partial charge in [-0.25, -0.2) is 8.42 Å². The molecule has 6 nitrogen and oxygen atoms in total. The molecule has 2 aromatic carbocycles. The first kappa shape index (κ1) is 21.5. The summed E-state index contributed by atoms with van der Waals surface area (Å²) >= 11 is 0. The molecule has 1 aliphatic rings. The molecule has 7 heteroatoms. The number of sulfonamides is 1. The van der Waals surface area contributed by atoms with Crippen molar-refractivity contribution in [1.82, 2.24) is 4.31 Å². The number of aryl methyl sites for hydroxylation is 3. The van der Waals surface area contributed by atoms with E-state index in [0.717, 1.165) is 27.3 Å². The molecule has 1 aliphatic heterocycles. The van der Waals surface area contributed by atoms with E-state index < -0.39 is 10.0 Å². The first-order valence-electron chi connectivity index (χ1n) is 9.97. The van der Waals surface area contributed by atoms with Crippen LogP contribution in [0.15, 0.2) is 42.5 Å². The van der Waals surface area contributed by atoms with E-state index in [1.54, 1.807) is 4.31 Å². The molecule has 2 N–H and O–H groups in total. The molecule has 0 bridgehead atoms. The lowest BCUT2D eigenvalue weighted by Crippen LogP contribution is -3.15. The third-order valence-electron chi connectivity index (χ3n) is 5.37. The van der Waals surface area contributed by atoms with Crippen LogP contribution in [0.4, 0.5) is 5.69 Å². The molecule has 0 atom stereocenters. The van der Waals surface area contributed by atoms with Crippen molar-refractivity contribution in [3.8, 4) is 0 Å². The van der Waals surface area contributed by atoms with Crippen LogP contribution in [0.5, 0.6) is 0 Å². The van der Waals surface area contributed by atoms with E-state index in [1.165, 1.54) is 5.56 Å². The van der Waals surface area contributed by atoms with E-state index in [9.17, 15) is 13.2 Å². The fourth-order valence-electron chi connectivity index (χ4n) is 3.92. The maximum atomic E-state index is 12.7. The zero-order valence-corrected chi connectivity index (χ0v) is 18.2. The zero-order chi connectivity index (χ0) is 21.0. The summed E-state index contributed by atoms with van der Waals surface area (Å²) in [6, 6.07) is 13.4. The van der Waals surface area contributed by atoms with Gasteiger partial charge in [-0.2, -0.15) is 4.31 Å². The number of nitrogens with one attached hydrogen (secondary N) is 2. The largest absolute Gasteiger partial charge is 0.325 e. The van der Waals surface area contributed by atoms with Crippen LogP contribution >= 0.6 is 0 Å². The van der Waals surface area contributed by atoms with Gasteiger partial charge in [0.25, 0.3) is 5.91 Å². The number of piperazine rings is 1. The number of hydrogen-bond acceptors (Lipinski definition) is 3. The number of rotatable bonds is 6. The van der Waals surface area contributed by atoms with Crippen molar-refractivity contribution in [2.45, 2.75) is 26.5 Å². The van der Waals surface area contributed by atoms with Gasteiger partial charge in [-0.15, -0.1) is 0 Å². The number of hydrogen-bond donors (Lipinski definition) is 2. The summed E-state index contributed by atoms with van der Waals surface area (Å²) in [4.78, 5) is 13.6. The lowest BCUT2D eigenvalue weighted by Gasteiger charge is -2.31. The predicted octanol–water partition coefficient (Wildman–Crippen LogP) is 1.28. The fourth-order valence-corrected chi connectivity index (χ4v) is 5.46. The van der Waals surface area contributed by atoms with Crippen LogP contribution in [0.3, 0.4) is 0 Å². The van der Waals surface area contributed by atoms with Gasteiger partial charge >= 0.3 is 0 Å². The molecule has 1 fully saturated rings. The van der Waals surface area contributed by atoms with E-state index in [2.05, 4.69) is 17.4 Å². The second kappa shape index (κ2) is 9.07. The monoisotopic (exact) mass is 416 g/mol. The van der Waals surface area contributed by atoms with E-state index in [-0.39, 0.29) is 11.7 Å². The molecule has 0 saturated carbocycles. The van der Waals surface area contributed by atoms with E-state index in [0.29, 0.717) is 32.7 Å². The summed E-state index contributed by atoms with van der Waals surface area (Å²) in [5, 5.41) is 3.04. The van der Waals surface area contributed by atoms with E-state index in [4.69, 9.17) is 0 Å². The molecule has 1 amide bonds. The third-order valence-corrected chi connectivity index (χ3v) is 7.22. The van der Waals surface area contributed by atoms with Crippen LogP contribution in [0.25, 0.3) is 0 Å². The Kier molecular flexibility index (Phi) is 6.72. The van der Waals surface area contributed by atoms with Gasteiger partial charge in [-0.3, -0.25) is 4.79 Å². The smallest absolute Gasteiger partial charge is 0.279 e. The summed E-state index contributed by atoms with van der Waals surface area (Å²) in [6.45, 7) is 8.54. The number of anilines is 1. The molecule has 0 spiro atoms. The normalized spacial score (nSPS) is 16.0. The summed E-state index contributed by atoms with van der Waals surface area (Å²) in [5.74, 6) is -0.00836. The van der Waals surface area contributed by atoms with Crippen molar-refractivity contribution in [3.63, 3.8) is 0 Å². The molecule has 0 unspecified atom stereocenters. The maximum Gasteiger partial charge on any atom is 0.279 e. The fraction of sp³-hybridized carbons (Fsp3) is 0.409. The minimum Gasteiger partial charge on any atom is -0.325 e. The van der Waals surface area contributed by atoms with Gasteiger partial charge in [0, 0.05) is 5.69 Å². The van der Waals surface area contributed by atoms with E-state index >= 15 is 0 Å². The van der Waals surface area contributed by atoms with Crippen molar-refractivity contribution in [2.75, 3.05) is 38.0 Å². The highest BCUT2D eigenvalue weighted by atomic mass is 32.2. The van der Waals surface area contributed by atoms with Gasteiger partial charge in [-0.05, 0) is 37.5 Å². The van der Waals surface area contributed by atoms with Gasteiger partial charge in [0.2, 0.25) is 10.0 Å². The first-order chi connectivity index (χ1) is 13.7. The zero-order valence-electron chi connectivity index (χ0n) is 17.4. The quantitative estimate of drug-likeness (QED) is 0.745. The van der Waals surface area contributed by atoms with Crippen molar-refractivity contribution in [2.24, 2.45) is 0 Å². The minimum atomic E-state index is -3.33. The number of carbonyl (C=O) groups is 1. The van der Waals surface area contributed by atoms with Crippen molar-refractivity contribution >= 4 is 21.6 Å². The van der Waals surface area contributed by atoms with Crippen LogP contribution in [0, 0.1) is 20.8 Å². The molecule has 156 valence electrons. The Balaban J connectivity index is 1.52. The summed E-state index contributed by atoms with van der Waals surface area (Å²) < 4.78 is 26.9. The van der Waals surface area contributed by atoms with Gasteiger partial charge in [-0.1, -0.05) is 48.0 Å². The Bertz CT molecular complexity index is 943. The Morgan fingerprint density at radius 1 is 1.03 bits per heavy atom. The molecular weight excluding hydrogens is 386 g/mol. The highest BCUT2D eigenvalue weighted by Crippen LogP contribution is 2.21. The average Bonchev–Trinajstić information content (AvgIpc) is 2.65. The third kappa shape index (κ3) is 5.65. The van der Waals surface area contributed by atoms with Gasteiger partial charge < -0.3 is 10.2 Å². The van der Waals surface area contributed by atoms with Crippen molar-refractivity contribution in [3.05, 3.63) is 64.7 Å². The van der Waals surface area contributed by atoms with Crippen LogP contribution < -0.4 is 10.2 Å². The number of quaternary nitrogens is 1.